The minimum Gasteiger partial charge on any atom is -0.288 e. The third-order valence-electron chi connectivity index (χ3n) is 2.74. The smallest absolute Gasteiger partial charge is 0.246 e. The number of aromatic amines is 1. The van der Waals surface area contributed by atoms with Crippen molar-refractivity contribution in [3.05, 3.63) is 12.4 Å². The summed E-state index contributed by atoms with van der Waals surface area (Å²) in [5.41, 5.74) is 0. The first-order chi connectivity index (χ1) is 8.14. The summed E-state index contributed by atoms with van der Waals surface area (Å²) in [5.74, 6) is 0. The number of hydrogen-bond donors (Lipinski definition) is 1. The van der Waals surface area contributed by atoms with Crippen LogP contribution in [-0.2, 0) is 10.0 Å². The van der Waals surface area contributed by atoms with Gasteiger partial charge in [-0.1, -0.05) is 0 Å². The van der Waals surface area contributed by atoms with E-state index in [-0.39, 0.29) is 4.90 Å². The Kier molecular flexibility index (Phi) is 3.42. The molecule has 0 aliphatic carbocycles. The highest BCUT2D eigenvalue weighted by Crippen LogP contribution is 2.15. The molecule has 7 nitrogen and oxygen atoms in total. The molecule has 0 unspecified atom stereocenters. The lowest BCUT2D eigenvalue weighted by Crippen LogP contribution is -2.48. The van der Waals surface area contributed by atoms with Gasteiger partial charge in [-0.25, -0.2) is 8.42 Å². The molecule has 1 aromatic heterocycles. The normalized spacial score (nSPS) is 19.0. The number of nitriles is 1. The van der Waals surface area contributed by atoms with Gasteiger partial charge in [-0.15, -0.1) is 0 Å². The molecule has 2 rings (SSSR count). The standard InChI is InChI=1S/C9H13N5O2S/c10-1-2-13-3-5-14(6-4-13)17(15,16)9-7-11-12-8-9/h7-8H,2-6H2,(H,11,12). The van der Waals surface area contributed by atoms with Crippen molar-refractivity contribution in [2.75, 3.05) is 32.7 Å². The van der Waals surface area contributed by atoms with Gasteiger partial charge in [-0.05, 0) is 0 Å². The van der Waals surface area contributed by atoms with Crippen LogP contribution in [0.3, 0.4) is 0 Å². The predicted molar refractivity (Wildman–Crippen MR) is 59.4 cm³/mol. The van der Waals surface area contributed by atoms with Gasteiger partial charge in [0.1, 0.15) is 4.90 Å². The molecule has 1 aromatic rings. The average Bonchev–Trinajstić information content (AvgIpc) is 2.84. The van der Waals surface area contributed by atoms with E-state index >= 15 is 0 Å². The number of H-pyrrole nitrogens is 1. The largest absolute Gasteiger partial charge is 0.288 e. The van der Waals surface area contributed by atoms with Gasteiger partial charge in [0.15, 0.2) is 0 Å². The lowest BCUT2D eigenvalue weighted by atomic mass is 10.4. The molecule has 0 radical (unpaired) electrons. The first kappa shape index (κ1) is 12.0. The van der Waals surface area contributed by atoms with Crippen molar-refractivity contribution in [1.29, 1.82) is 5.26 Å². The second kappa shape index (κ2) is 4.83. The summed E-state index contributed by atoms with van der Waals surface area (Å²) in [7, 11) is -3.43. The first-order valence-corrected chi connectivity index (χ1v) is 6.67. The summed E-state index contributed by atoms with van der Waals surface area (Å²) >= 11 is 0. The Labute approximate surface area is 99.7 Å². The van der Waals surface area contributed by atoms with Gasteiger partial charge < -0.3 is 0 Å². The molecule has 1 aliphatic heterocycles. The van der Waals surface area contributed by atoms with E-state index in [1.807, 2.05) is 4.90 Å². The minimum atomic E-state index is -3.43. The fourth-order valence-corrected chi connectivity index (χ4v) is 3.09. The lowest BCUT2D eigenvalue weighted by Gasteiger charge is -2.32. The Hall–Kier alpha value is -1.43. The topological polar surface area (TPSA) is 93.1 Å². The van der Waals surface area contributed by atoms with E-state index in [9.17, 15) is 8.42 Å². The Bertz CT molecular complexity index is 496. The predicted octanol–water partition coefficient (Wildman–Crippen LogP) is -0.760. The van der Waals surface area contributed by atoms with Gasteiger partial charge in [0.2, 0.25) is 10.0 Å². The molecule has 17 heavy (non-hydrogen) atoms. The van der Waals surface area contributed by atoms with Crippen molar-refractivity contribution in [3.8, 4) is 6.07 Å². The molecule has 92 valence electrons. The maximum absolute atomic E-state index is 12.1. The minimum absolute atomic E-state index is 0.186. The van der Waals surface area contributed by atoms with Crippen LogP contribution in [-0.4, -0.2) is 60.5 Å². The summed E-state index contributed by atoms with van der Waals surface area (Å²) in [6.07, 6.45) is 2.67. The number of aromatic nitrogens is 2. The summed E-state index contributed by atoms with van der Waals surface area (Å²) in [4.78, 5) is 2.12. The Morgan fingerprint density at radius 1 is 1.41 bits per heavy atom. The van der Waals surface area contributed by atoms with E-state index in [1.54, 1.807) is 0 Å². The molecule has 0 aromatic carbocycles. The second-order valence-electron chi connectivity index (χ2n) is 3.77. The molecule has 1 N–H and O–H groups in total. The van der Waals surface area contributed by atoms with Crippen LogP contribution < -0.4 is 0 Å². The van der Waals surface area contributed by atoms with Gasteiger partial charge in [0.05, 0.1) is 18.8 Å². The number of nitrogens with zero attached hydrogens (tertiary/aromatic N) is 4. The number of hydrogen-bond acceptors (Lipinski definition) is 5. The van der Waals surface area contributed by atoms with E-state index in [2.05, 4.69) is 16.3 Å². The van der Waals surface area contributed by atoms with Crippen molar-refractivity contribution in [1.82, 2.24) is 19.4 Å². The monoisotopic (exact) mass is 255 g/mol. The fraction of sp³-hybridized carbons (Fsp3) is 0.556. The molecule has 0 saturated carbocycles. The van der Waals surface area contributed by atoms with E-state index in [1.165, 1.54) is 16.7 Å². The van der Waals surface area contributed by atoms with Crippen molar-refractivity contribution in [2.45, 2.75) is 4.90 Å². The zero-order chi connectivity index (χ0) is 12.3. The Morgan fingerprint density at radius 2 is 2.12 bits per heavy atom. The van der Waals surface area contributed by atoms with Crippen LogP contribution in [0.1, 0.15) is 0 Å². The van der Waals surface area contributed by atoms with Gasteiger partial charge in [-0.3, -0.25) is 10.00 Å². The van der Waals surface area contributed by atoms with E-state index in [0.29, 0.717) is 32.7 Å². The number of piperazine rings is 1. The lowest BCUT2D eigenvalue weighted by molar-refractivity contribution is 0.206. The summed E-state index contributed by atoms with van der Waals surface area (Å²) < 4.78 is 25.6. The van der Waals surface area contributed by atoms with E-state index in [0.717, 1.165) is 0 Å². The highest BCUT2D eigenvalue weighted by molar-refractivity contribution is 7.89. The zero-order valence-corrected chi connectivity index (χ0v) is 10.0. The van der Waals surface area contributed by atoms with Crippen LogP contribution in [0.4, 0.5) is 0 Å². The molecule has 0 atom stereocenters. The molecule has 0 bridgehead atoms. The van der Waals surface area contributed by atoms with Crippen LogP contribution in [0.2, 0.25) is 0 Å². The van der Waals surface area contributed by atoms with Crippen LogP contribution >= 0.6 is 0 Å². The van der Waals surface area contributed by atoms with Crippen LogP contribution in [0.25, 0.3) is 0 Å². The molecule has 0 spiro atoms. The summed E-state index contributed by atoms with van der Waals surface area (Å²) in [6.45, 7) is 2.35. The molecule has 1 saturated heterocycles. The third-order valence-corrected chi connectivity index (χ3v) is 4.60. The number of rotatable bonds is 3. The molecular formula is C9H13N5O2S. The van der Waals surface area contributed by atoms with Crippen LogP contribution in [0.5, 0.6) is 0 Å². The third kappa shape index (κ3) is 2.46. The van der Waals surface area contributed by atoms with Crippen molar-refractivity contribution < 1.29 is 8.42 Å². The first-order valence-electron chi connectivity index (χ1n) is 5.23. The Morgan fingerprint density at radius 3 is 2.65 bits per heavy atom. The molecule has 1 aliphatic rings. The highest BCUT2D eigenvalue weighted by atomic mass is 32.2. The quantitative estimate of drug-likeness (QED) is 0.717. The van der Waals surface area contributed by atoms with Gasteiger partial charge in [0.25, 0.3) is 0 Å². The maximum atomic E-state index is 12.1. The van der Waals surface area contributed by atoms with Gasteiger partial charge >= 0.3 is 0 Å². The zero-order valence-electron chi connectivity index (χ0n) is 9.20. The number of sulfonamides is 1. The highest BCUT2D eigenvalue weighted by Gasteiger charge is 2.28. The van der Waals surface area contributed by atoms with Gasteiger partial charge in [0, 0.05) is 32.4 Å². The molecule has 8 heteroatoms. The summed E-state index contributed by atoms with van der Waals surface area (Å²) in [6, 6.07) is 2.06. The molecule has 2 heterocycles. The second-order valence-corrected chi connectivity index (χ2v) is 5.71. The van der Waals surface area contributed by atoms with Crippen LogP contribution in [0, 0.1) is 11.3 Å². The number of nitrogens with one attached hydrogen (secondary N) is 1. The SMILES string of the molecule is N#CCN1CCN(S(=O)(=O)c2cn[nH]c2)CC1. The van der Waals surface area contributed by atoms with Crippen molar-refractivity contribution in [3.63, 3.8) is 0 Å². The average molecular weight is 255 g/mol. The molecule has 1 fully saturated rings. The fourth-order valence-electron chi connectivity index (χ4n) is 1.76. The van der Waals surface area contributed by atoms with Gasteiger partial charge in [-0.2, -0.15) is 14.7 Å². The van der Waals surface area contributed by atoms with Crippen LogP contribution in [0.15, 0.2) is 17.3 Å². The van der Waals surface area contributed by atoms with Crippen molar-refractivity contribution in [2.24, 2.45) is 0 Å². The molecular weight excluding hydrogens is 242 g/mol. The van der Waals surface area contributed by atoms with E-state index < -0.39 is 10.0 Å². The maximum Gasteiger partial charge on any atom is 0.246 e. The Balaban J connectivity index is 2.04. The van der Waals surface area contributed by atoms with E-state index in [4.69, 9.17) is 5.26 Å². The van der Waals surface area contributed by atoms with Crippen molar-refractivity contribution >= 4 is 10.0 Å². The molecule has 0 amide bonds. The summed E-state index contributed by atoms with van der Waals surface area (Å²) in [5, 5.41) is 14.7.